The molecule has 116 valence electrons. The second kappa shape index (κ2) is 7.09. The fourth-order valence-electron chi connectivity index (χ4n) is 2.54. The van der Waals surface area contributed by atoms with E-state index in [-0.39, 0.29) is 11.8 Å². The Balaban J connectivity index is 2.64. The van der Waals surface area contributed by atoms with Crippen molar-refractivity contribution >= 4 is 22.6 Å². The van der Waals surface area contributed by atoms with Crippen molar-refractivity contribution in [3.05, 3.63) is 23.8 Å². The van der Waals surface area contributed by atoms with Gasteiger partial charge in [-0.25, -0.2) is 9.37 Å². The molecule has 2 rings (SSSR count). The van der Waals surface area contributed by atoms with E-state index in [4.69, 9.17) is 21.1 Å². The Bertz CT molecular complexity index is 615. The van der Waals surface area contributed by atoms with Crippen molar-refractivity contribution in [3.63, 3.8) is 0 Å². The van der Waals surface area contributed by atoms with E-state index >= 15 is 0 Å². The largest absolute Gasteiger partial charge is 0.494 e. The first-order valence-electron chi connectivity index (χ1n) is 6.95. The molecule has 0 aliphatic heterocycles. The summed E-state index contributed by atoms with van der Waals surface area (Å²) in [5, 5.41) is 0. The average molecular weight is 315 g/mol. The summed E-state index contributed by atoms with van der Waals surface area (Å²) in [7, 11) is 3.13. The molecular formula is C15H20ClFN2O2. The lowest BCUT2D eigenvalue weighted by atomic mass is 10.2. The van der Waals surface area contributed by atoms with Crippen molar-refractivity contribution in [2.45, 2.75) is 25.8 Å². The summed E-state index contributed by atoms with van der Waals surface area (Å²) < 4.78 is 26.3. The van der Waals surface area contributed by atoms with Crippen LogP contribution in [-0.2, 0) is 11.2 Å². The Morgan fingerprint density at radius 1 is 1.38 bits per heavy atom. The molecule has 0 aliphatic rings. The SMILES string of the molecule is CCC(COC)n1c(CCCl)nc2cc(F)c(OC)cc21. The standard InChI is InChI=1S/C15H20ClFN2O2/c1-4-10(9-20-2)19-13-8-14(21-3)11(17)7-12(13)18-15(19)5-6-16/h7-8,10H,4-6,9H2,1-3H3. The van der Waals surface area contributed by atoms with Gasteiger partial charge in [-0.05, 0) is 6.42 Å². The Labute approximate surface area is 128 Å². The van der Waals surface area contributed by atoms with Gasteiger partial charge < -0.3 is 14.0 Å². The number of fused-ring (bicyclic) bond motifs is 1. The zero-order chi connectivity index (χ0) is 15.4. The predicted molar refractivity (Wildman–Crippen MR) is 81.9 cm³/mol. The third-order valence-electron chi connectivity index (χ3n) is 3.55. The second-order valence-electron chi connectivity index (χ2n) is 4.83. The first-order chi connectivity index (χ1) is 10.2. The van der Waals surface area contributed by atoms with Crippen LogP contribution in [0.2, 0.25) is 0 Å². The molecule has 1 aromatic heterocycles. The third-order valence-corrected chi connectivity index (χ3v) is 3.74. The van der Waals surface area contributed by atoms with E-state index in [0.29, 0.717) is 24.4 Å². The highest BCUT2D eigenvalue weighted by Crippen LogP contribution is 2.29. The molecule has 0 bridgehead atoms. The summed E-state index contributed by atoms with van der Waals surface area (Å²) in [4.78, 5) is 4.52. The number of hydrogen-bond acceptors (Lipinski definition) is 3. The molecule has 2 aromatic rings. The van der Waals surface area contributed by atoms with Crippen LogP contribution in [0.3, 0.4) is 0 Å². The van der Waals surface area contributed by atoms with Crippen molar-refractivity contribution in [1.29, 1.82) is 0 Å². The number of rotatable bonds is 7. The lowest BCUT2D eigenvalue weighted by molar-refractivity contribution is 0.153. The van der Waals surface area contributed by atoms with E-state index in [2.05, 4.69) is 16.5 Å². The van der Waals surface area contributed by atoms with Crippen molar-refractivity contribution in [1.82, 2.24) is 9.55 Å². The molecule has 0 spiro atoms. The maximum Gasteiger partial charge on any atom is 0.167 e. The molecular weight excluding hydrogens is 295 g/mol. The van der Waals surface area contributed by atoms with Crippen LogP contribution >= 0.6 is 11.6 Å². The number of ether oxygens (including phenoxy) is 2. The number of imidazole rings is 1. The molecule has 0 aliphatic carbocycles. The van der Waals surface area contributed by atoms with Gasteiger partial charge in [0.1, 0.15) is 5.82 Å². The molecule has 6 heteroatoms. The smallest absolute Gasteiger partial charge is 0.167 e. The highest BCUT2D eigenvalue weighted by atomic mass is 35.5. The maximum atomic E-state index is 13.9. The van der Waals surface area contributed by atoms with Gasteiger partial charge in [-0.3, -0.25) is 0 Å². The fraction of sp³-hybridized carbons (Fsp3) is 0.533. The molecule has 1 atom stereocenters. The summed E-state index contributed by atoms with van der Waals surface area (Å²) in [5.74, 6) is 1.11. The number of hydrogen-bond donors (Lipinski definition) is 0. The minimum atomic E-state index is -0.410. The maximum absolute atomic E-state index is 13.9. The van der Waals surface area contributed by atoms with Gasteiger partial charge >= 0.3 is 0 Å². The second-order valence-corrected chi connectivity index (χ2v) is 5.21. The van der Waals surface area contributed by atoms with Gasteiger partial charge in [0.2, 0.25) is 0 Å². The molecule has 1 unspecified atom stereocenters. The third kappa shape index (κ3) is 3.14. The van der Waals surface area contributed by atoms with Crippen molar-refractivity contribution in [2.24, 2.45) is 0 Å². The van der Waals surface area contributed by atoms with Gasteiger partial charge in [0.05, 0.1) is 30.8 Å². The van der Waals surface area contributed by atoms with Crippen LogP contribution in [0.15, 0.2) is 12.1 Å². The van der Waals surface area contributed by atoms with E-state index in [1.807, 2.05) is 0 Å². The van der Waals surface area contributed by atoms with E-state index in [1.165, 1.54) is 13.2 Å². The Hall–Kier alpha value is -1.33. The summed E-state index contributed by atoms with van der Waals surface area (Å²) in [6.45, 7) is 2.65. The summed E-state index contributed by atoms with van der Waals surface area (Å²) >= 11 is 5.87. The number of benzene rings is 1. The topological polar surface area (TPSA) is 36.3 Å². The summed E-state index contributed by atoms with van der Waals surface area (Å²) in [6, 6.07) is 3.23. The molecule has 21 heavy (non-hydrogen) atoms. The monoisotopic (exact) mass is 314 g/mol. The number of aryl methyl sites for hydroxylation is 1. The van der Waals surface area contributed by atoms with Crippen LogP contribution in [0.5, 0.6) is 5.75 Å². The van der Waals surface area contributed by atoms with Crippen molar-refractivity contribution in [3.8, 4) is 5.75 Å². The number of halogens is 2. The molecule has 0 radical (unpaired) electrons. The quantitative estimate of drug-likeness (QED) is 0.733. The predicted octanol–water partition coefficient (Wildman–Crippen LogP) is 3.56. The summed E-state index contributed by atoms with van der Waals surface area (Å²) in [6.07, 6.45) is 1.51. The molecule has 4 nitrogen and oxygen atoms in total. The lowest BCUT2D eigenvalue weighted by Gasteiger charge is -2.19. The normalized spacial score (nSPS) is 12.8. The molecule has 0 fully saturated rings. The lowest BCUT2D eigenvalue weighted by Crippen LogP contribution is -2.17. The number of alkyl halides is 1. The van der Waals surface area contributed by atoms with E-state index in [1.54, 1.807) is 13.2 Å². The summed E-state index contributed by atoms with van der Waals surface area (Å²) in [5.41, 5.74) is 1.46. The van der Waals surface area contributed by atoms with E-state index in [9.17, 15) is 4.39 Å². The minimum Gasteiger partial charge on any atom is -0.494 e. The van der Waals surface area contributed by atoms with Crippen LogP contribution in [-0.4, -0.2) is 36.3 Å². The highest BCUT2D eigenvalue weighted by Gasteiger charge is 2.19. The number of nitrogens with zero attached hydrogens (tertiary/aromatic N) is 2. The first-order valence-corrected chi connectivity index (χ1v) is 7.48. The Morgan fingerprint density at radius 2 is 2.14 bits per heavy atom. The van der Waals surface area contributed by atoms with Crippen molar-refractivity contribution in [2.75, 3.05) is 26.7 Å². The zero-order valence-electron chi connectivity index (χ0n) is 12.5. The Kier molecular flexibility index (Phi) is 5.42. The van der Waals surface area contributed by atoms with Crippen LogP contribution < -0.4 is 4.74 Å². The average Bonchev–Trinajstić information content (AvgIpc) is 2.81. The van der Waals surface area contributed by atoms with Crippen LogP contribution in [0.25, 0.3) is 11.0 Å². The molecule has 0 N–H and O–H groups in total. The van der Waals surface area contributed by atoms with Gasteiger partial charge in [-0.2, -0.15) is 0 Å². The molecule has 1 aromatic carbocycles. The first kappa shape index (κ1) is 16.0. The van der Waals surface area contributed by atoms with E-state index in [0.717, 1.165) is 17.8 Å². The minimum absolute atomic E-state index is 0.133. The Morgan fingerprint density at radius 3 is 2.71 bits per heavy atom. The molecule has 1 heterocycles. The molecule has 0 saturated carbocycles. The number of methoxy groups -OCH3 is 2. The van der Waals surface area contributed by atoms with E-state index < -0.39 is 5.82 Å². The zero-order valence-corrected chi connectivity index (χ0v) is 13.3. The van der Waals surface area contributed by atoms with Gasteiger partial charge in [0.25, 0.3) is 0 Å². The van der Waals surface area contributed by atoms with Gasteiger partial charge in [-0.1, -0.05) is 6.92 Å². The van der Waals surface area contributed by atoms with Gasteiger partial charge in [-0.15, -0.1) is 11.6 Å². The van der Waals surface area contributed by atoms with Crippen molar-refractivity contribution < 1.29 is 13.9 Å². The fourth-order valence-corrected chi connectivity index (χ4v) is 2.71. The molecule has 0 amide bonds. The van der Waals surface area contributed by atoms with Crippen LogP contribution in [0.1, 0.15) is 25.2 Å². The van der Waals surface area contributed by atoms with Crippen LogP contribution in [0.4, 0.5) is 4.39 Å². The van der Waals surface area contributed by atoms with Gasteiger partial charge in [0, 0.05) is 31.5 Å². The molecule has 0 saturated heterocycles. The number of aromatic nitrogens is 2. The van der Waals surface area contributed by atoms with Crippen LogP contribution in [0, 0.1) is 5.82 Å². The van der Waals surface area contributed by atoms with Gasteiger partial charge in [0.15, 0.2) is 11.6 Å². The highest BCUT2D eigenvalue weighted by molar-refractivity contribution is 6.17.